The molecule has 0 radical (unpaired) electrons. The molecule has 2 aromatic carbocycles. The SMILES string of the molecule is CNc1cc(NC(=O)c2cccc(C)c2)nc(NC(=O)c2ccc(OC)cc2)n1. The number of carbonyl (C=O) groups excluding carboxylic acids is 2. The van der Waals surface area contributed by atoms with Crippen LogP contribution in [0.15, 0.2) is 54.6 Å². The molecule has 0 aliphatic rings. The number of benzene rings is 2. The highest BCUT2D eigenvalue weighted by atomic mass is 16.5. The van der Waals surface area contributed by atoms with E-state index in [1.165, 1.54) is 0 Å². The lowest BCUT2D eigenvalue weighted by atomic mass is 10.1. The van der Waals surface area contributed by atoms with Gasteiger partial charge in [0.05, 0.1) is 7.11 Å². The van der Waals surface area contributed by atoms with E-state index in [4.69, 9.17) is 4.74 Å². The molecule has 3 aromatic rings. The van der Waals surface area contributed by atoms with E-state index in [1.807, 2.05) is 19.1 Å². The van der Waals surface area contributed by atoms with Gasteiger partial charge < -0.3 is 15.4 Å². The molecule has 0 spiro atoms. The van der Waals surface area contributed by atoms with Crippen molar-refractivity contribution in [3.63, 3.8) is 0 Å². The Morgan fingerprint density at radius 2 is 1.55 bits per heavy atom. The number of nitrogens with zero attached hydrogens (tertiary/aromatic N) is 2. The van der Waals surface area contributed by atoms with E-state index in [-0.39, 0.29) is 23.6 Å². The average Bonchev–Trinajstić information content (AvgIpc) is 2.73. The Balaban J connectivity index is 1.79. The summed E-state index contributed by atoms with van der Waals surface area (Å²) in [7, 11) is 3.24. The van der Waals surface area contributed by atoms with Crippen molar-refractivity contribution < 1.29 is 14.3 Å². The minimum Gasteiger partial charge on any atom is -0.497 e. The van der Waals surface area contributed by atoms with Crippen LogP contribution in [0, 0.1) is 6.92 Å². The van der Waals surface area contributed by atoms with Gasteiger partial charge in [0, 0.05) is 24.2 Å². The van der Waals surface area contributed by atoms with Crippen LogP contribution in [0.5, 0.6) is 5.75 Å². The molecule has 0 saturated carbocycles. The molecule has 0 aliphatic heterocycles. The maximum absolute atomic E-state index is 12.5. The average molecular weight is 391 g/mol. The van der Waals surface area contributed by atoms with E-state index in [2.05, 4.69) is 25.9 Å². The molecule has 3 rings (SSSR count). The number of aryl methyl sites for hydroxylation is 1. The molecule has 148 valence electrons. The number of hydrogen-bond donors (Lipinski definition) is 3. The van der Waals surface area contributed by atoms with Crippen molar-refractivity contribution in [2.45, 2.75) is 6.92 Å². The minimum absolute atomic E-state index is 0.0669. The normalized spacial score (nSPS) is 10.2. The predicted octanol–water partition coefficient (Wildman–Crippen LogP) is 3.34. The predicted molar refractivity (Wildman–Crippen MR) is 112 cm³/mol. The van der Waals surface area contributed by atoms with Crippen LogP contribution in [-0.2, 0) is 0 Å². The maximum Gasteiger partial charge on any atom is 0.258 e. The van der Waals surface area contributed by atoms with Crippen LogP contribution >= 0.6 is 0 Å². The zero-order valence-corrected chi connectivity index (χ0v) is 16.3. The van der Waals surface area contributed by atoms with E-state index in [0.29, 0.717) is 22.7 Å². The third-order valence-electron chi connectivity index (χ3n) is 4.08. The van der Waals surface area contributed by atoms with Crippen molar-refractivity contribution in [3.8, 4) is 5.75 Å². The minimum atomic E-state index is -0.378. The van der Waals surface area contributed by atoms with Crippen LogP contribution in [0.2, 0.25) is 0 Å². The molecule has 3 N–H and O–H groups in total. The zero-order chi connectivity index (χ0) is 20.8. The van der Waals surface area contributed by atoms with Crippen LogP contribution in [0.25, 0.3) is 0 Å². The molecule has 1 heterocycles. The number of methoxy groups -OCH3 is 1. The number of anilines is 3. The van der Waals surface area contributed by atoms with Crippen molar-refractivity contribution in [1.82, 2.24) is 9.97 Å². The fourth-order valence-corrected chi connectivity index (χ4v) is 2.59. The Morgan fingerprint density at radius 1 is 0.862 bits per heavy atom. The number of amides is 2. The van der Waals surface area contributed by atoms with Gasteiger partial charge in [-0.2, -0.15) is 9.97 Å². The molecular weight excluding hydrogens is 370 g/mol. The smallest absolute Gasteiger partial charge is 0.258 e. The van der Waals surface area contributed by atoms with Gasteiger partial charge >= 0.3 is 0 Å². The lowest BCUT2D eigenvalue weighted by Crippen LogP contribution is -2.17. The number of aromatic nitrogens is 2. The first kappa shape index (κ1) is 19.8. The van der Waals surface area contributed by atoms with Gasteiger partial charge in [0.1, 0.15) is 17.4 Å². The Labute approximate surface area is 168 Å². The quantitative estimate of drug-likeness (QED) is 0.595. The van der Waals surface area contributed by atoms with E-state index in [1.54, 1.807) is 56.6 Å². The Morgan fingerprint density at radius 3 is 2.21 bits per heavy atom. The highest BCUT2D eigenvalue weighted by molar-refractivity contribution is 6.05. The van der Waals surface area contributed by atoms with Crippen LogP contribution in [0.4, 0.5) is 17.6 Å². The molecule has 0 atom stereocenters. The molecule has 0 bridgehead atoms. The van der Waals surface area contributed by atoms with Gasteiger partial charge in [-0.25, -0.2) is 0 Å². The number of nitrogens with one attached hydrogen (secondary N) is 3. The van der Waals surface area contributed by atoms with Crippen LogP contribution in [0.3, 0.4) is 0 Å². The second-order valence-corrected chi connectivity index (χ2v) is 6.22. The summed E-state index contributed by atoms with van der Waals surface area (Å²) in [6.07, 6.45) is 0. The molecular formula is C21H21N5O3. The van der Waals surface area contributed by atoms with Crippen molar-refractivity contribution >= 4 is 29.4 Å². The summed E-state index contributed by atoms with van der Waals surface area (Å²) in [4.78, 5) is 33.4. The van der Waals surface area contributed by atoms with Crippen molar-refractivity contribution in [1.29, 1.82) is 0 Å². The molecule has 0 saturated heterocycles. The van der Waals surface area contributed by atoms with Crippen LogP contribution in [-0.4, -0.2) is 35.9 Å². The Hall–Kier alpha value is -3.94. The number of hydrogen-bond acceptors (Lipinski definition) is 6. The zero-order valence-electron chi connectivity index (χ0n) is 16.3. The fraction of sp³-hybridized carbons (Fsp3) is 0.143. The summed E-state index contributed by atoms with van der Waals surface area (Å²) >= 11 is 0. The summed E-state index contributed by atoms with van der Waals surface area (Å²) in [5.74, 6) is 0.748. The van der Waals surface area contributed by atoms with Gasteiger partial charge in [-0.05, 0) is 43.3 Å². The molecule has 8 nitrogen and oxygen atoms in total. The third kappa shape index (κ3) is 5.07. The molecule has 8 heteroatoms. The largest absolute Gasteiger partial charge is 0.497 e. The topological polar surface area (TPSA) is 105 Å². The summed E-state index contributed by atoms with van der Waals surface area (Å²) in [6, 6.07) is 15.4. The van der Waals surface area contributed by atoms with Gasteiger partial charge in [-0.3, -0.25) is 14.9 Å². The van der Waals surface area contributed by atoms with Gasteiger partial charge in [0.2, 0.25) is 5.95 Å². The number of carbonyl (C=O) groups is 2. The van der Waals surface area contributed by atoms with Crippen LogP contribution in [0.1, 0.15) is 26.3 Å². The fourth-order valence-electron chi connectivity index (χ4n) is 2.59. The summed E-state index contributed by atoms with van der Waals surface area (Å²) in [5, 5.41) is 8.26. The number of rotatable bonds is 6. The van der Waals surface area contributed by atoms with Gasteiger partial charge in [-0.1, -0.05) is 17.7 Å². The van der Waals surface area contributed by atoms with Gasteiger partial charge in [0.25, 0.3) is 11.8 Å². The van der Waals surface area contributed by atoms with Gasteiger partial charge in [0.15, 0.2) is 0 Å². The lowest BCUT2D eigenvalue weighted by Gasteiger charge is -2.10. The first-order valence-corrected chi connectivity index (χ1v) is 8.89. The summed E-state index contributed by atoms with van der Waals surface area (Å²) in [6.45, 7) is 1.91. The van der Waals surface area contributed by atoms with E-state index in [0.717, 1.165) is 5.56 Å². The van der Waals surface area contributed by atoms with E-state index in [9.17, 15) is 9.59 Å². The maximum atomic E-state index is 12.5. The molecule has 1 aromatic heterocycles. The van der Waals surface area contributed by atoms with Crippen molar-refractivity contribution in [2.75, 3.05) is 30.1 Å². The summed E-state index contributed by atoms with van der Waals surface area (Å²) < 4.78 is 5.09. The first-order chi connectivity index (χ1) is 14.0. The molecule has 0 aliphatic carbocycles. The highest BCUT2D eigenvalue weighted by Gasteiger charge is 2.13. The highest BCUT2D eigenvalue weighted by Crippen LogP contribution is 2.17. The second kappa shape index (κ2) is 8.83. The van der Waals surface area contributed by atoms with E-state index >= 15 is 0 Å². The second-order valence-electron chi connectivity index (χ2n) is 6.22. The lowest BCUT2D eigenvalue weighted by molar-refractivity contribution is 0.101. The molecule has 0 unspecified atom stereocenters. The monoisotopic (exact) mass is 391 g/mol. The van der Waals surface area contributed by atoms with Crippen molar-refractivity contribution in [2.24, 2.45) is 0 Å². The third-order valence-corrected chi connectivity index (χ3v) is 4.08. The Kier molecular flexibility index (Phi) is 6.03. The standard InChI is InChI=1S/C21H21N5O3/c1-13-5-4-6-15(11-13)20(28)23-18-12-17(22-2)24-21(25-18)26-19(27)14-7-9-16(29-3)10-8-14/h4-12H,1-3H3,(H3,22,23,24,25,26,27,28). The Bertz CT molecular complexity index is 1030. The van der Waals surface area contributed by atoms with Crippen molar-refractivity contribution in [3.05, 3.63) is 71.3 Å². The molecule has 29 heavy (non-hydrogen) atoms. The molecule has 2 amide bonds. The van der Waals surface area contributed by atoms with Gasteiger partial charge in [-0.15, -0.1) is 0 Å². The molecule has 0 fully saturated rings. The van der Waals surface area contributed by atoms with Crippen LogP contribution < -0.4 is 20.7 Å². The van der Waals surface area contributed by atoms with E-state index < -0.39 is 0 Å². The summed E-state index contributed by atoms with van der Waals surface area (Å²) in [5.41, 5.74) is 1.91. The first-order valence-electron chi connectivity index (χ1n) is 8.89. The number of ether oxygens (including phenoxy) is 1.